The average Bonchev–Trinajstić information content (AvgIpc) is 2.92. The molecule has 0 spiro atoms. The fourth-order valence-electron chi connectivity index (χ4n) is 1.46. The number of hydrogen-bond donors (Lipinski definition) is 0. The maximum Gasteiger partial charge on any atom is 0.163 e. The summed E-state index contributed by atoms with van der Waals surface area (Å²) in [5, 5.41) is 0.534. The largest absolute Gasteiger partial charge is 0.488 e. The van der Waals surface area contributed by atoms with Gasteiger partial charge in [0.05, 0.1) is 16.7 Å². The van der Waals surface area contributed by atoms with Crippen LogP contribution in [-0.4, -0.2) is 11.9 Å². The van der Waals surface area contributed by atoms with Crippen LogP contribution in [0, 0.1) is 6.92 Å². The maximum atomic E-state index is 11.4. The van der Waals surface area contributed by atoms with E-state index in [9.17, 15) is 4.79 Å². The van der Waals surface area contributed by atoms with Gasteiger partial charge in [-0.2, -0.15) is 0 Å². The highest BCUT2D eigenvalue weighted by atomic mass is 35.5. The lowest BCUT2D eigenvalue weighted by atomic mass is 10.1. The molecule has 0 aliphatic heterocycles. The van der Waals surface area contributed by atoms with Gasteiger partial charge in [0.15, 0.2) is 5.78 Å². The Labute approximate surface area is 94.2 Å². The van der Waals surface area contributed by atoms with Crippen molar-refractivity contribution >= 4 is 17.4 Å². The second-order valence-electron chi connectivity index (χ2n) is 4.00. The van der Waals surface area contributed by atoms with Gasteiger partial charge in [-0.05, 0) is 44.4 Å². The molecule has 80 valence electrons. The first kappa shape index (κ1) is 10.5. The van der Waals surface area contributed by atoms with Gasteiger partial charge >= 0.3 is 0 Å². The first-order valence-electron chi connectivity index (χ1n) is 5.05. The lowest BCUT2D eigenvalue weighted by molar-refractivity contribution is 0.101. The lowest BCUT2D eigenvalue weighted by Gasteiger charge is -2.11. The topological polar surface area (TPSA) is 26.3 Å². The van der Waals surface area contributed by atoms with Crippen LogP contribution < -0.4 is 4.74 Å². The predicted octanol–water partition coefficient (Wildman–Crippen LogP) is 3.39. The van der Waals surface area contributed by atoms with E-state index in [4.69, 9.17) is 16.3 Å². The summed E-state index contributed by atoms with van der Waals surface area (Å²) in [5.74, 6) is 0.550. The van der Waals surface area contributed by atoms with Crippen LogP contribution in [0.5, 0.6) is 5.75 Å². The summed E-state index contributed by atoms with van der Waals surface area (Å²) in [6.45, 7) is 3.45. The van der Waals surface area contributed by atoms with Crippen molar-refractivity contribution in [3.8, 4) is 5.75 Å². The third kappa shape index (κ3) is 2.32. The van der Waals surface area contributed by atoms with Gasteiger partial charge in [0, 0.05) is 0 Å². The van der Waals surface area contributed by atoms with E-state index in [-0.39, 0.29) is 11.9 Å². The van der Waals surface area contributed by atoms with Crippen LogP contribution in [0.4, 0.5) is 0 Å². The smallest absolute Gasteiger partial charge is 0.163 e. The zero-order chi connectivity index (χ0) is 11.0. The molecule has 3 heteroatoms. The van der Waals surface area contributed by atoms with Crippen LogP contribution in [0.3, 0.4) is 0 Å². The van der Waals surface area contributed by atoms with Gasteiger partial charge in [-0.3, -0.25) is 4.79 Å². The summed E-state index contributed by atoms with van der Waals surface area (Å²) in [7, 11) is 0. The fourth-order valence-corrected chi connectivity index (χ4v) is 1.78. The molecular formula is C12H13ClO2. The quantitative estimate of drug-likeness (QED) is 0.736. The van der Waals surface area contributed by atoms with Crippen molar-refractivity contribution in [3.05, 3.63) is 28.3 Å². The highest BCUT2D eigenvalue weighted by Gasteiger charge is 2.26. The third-order valence-corrected chi connectivity index (χ3v) is 2.66. The molecule has 0 N–H and O–H groups in total. The van der Waals surface area contributed by atoms with Crippen molar-refractivity contribution < 1.29 is 9.53 Å². The Hall–Kier alpha value is -1.02. The standard InChI is InChI=1S/C12H13ClO2/c1-7-5-10(8(2)14)12(11(13)6-7)15-9-3-4-9/h5-6,9H,3-4H2,1-2H3. The molecular weight excluding hydrogens is 212 g/mol. The normalized spacial score (nSPS) is 15.1. The summed E-state index contributed by atoms with van der Waals surface area (Å²) < 4.78 is 5.65. The molecule has 2 nitrogen and oxygen atoms in total. The summed E-state index contributed by atoms with van der Waals surface area (Å²) in [4.78, 5) is 11.4. The minimum atomic E-state index is -0.00347. The van der Waals surface area contributed by atoms with E-state index in [1.54, 1.807) is 0 Å². The van der Waals surface area contributed by atoms with Crippen LogP contribution in [0.25, 0.3) is 0 Å². The Bertz CT molecular complexity index is 408. The number of Topliss-reactive ketones (excluding diaryl/α,β-unsaturated/α-hetero) is 1. The molecule has 2 rings (SSSR count). The first-order valence-corrected chi connectivity index (χ1v) is 5.43. The van der Waals surface area contributed by atoms with E-state index < -0.39 is 0 Å². The van der Waals surface area contributed by atoms with Crippen LogP contribution in [0.1, 0.15) is 35.7 Å². The zero-order valence-electron chi connectivity index (χ0n) is 8.84. The Morgan fingerprint density at radius 2 is 2.13 bits per heavy atom. The predicted molar refractivity (Wildman–Crippen MR) is 59.8 cm³/mol. The van der Waals surface area contributed by atoms with Crippen molar-refractivity contribution in [1.82, 2.24) is 0 Å². The van der Waals surface area contributed by atoms with Crippen molar-refractivity contribution in [3.63, 3.8) is 0 Å². The highest BCUT2D eigenvalue weighted by Crippen LogP contribution is 2.35. The first-order chi connectivity index (χ1) is 7.08. The molecule has 0 unspecified atom stereocenters. The summed E-state index contributed by atoms with van der Waals surface area (Å²) in [5.41, 5.74) is 1.57. The van der Waals surface area contributed by atoms with Crippen molar-refractivity contribution in [1.29, 1.82) is 0 Å². The van der Waals surface area contributed by atoms with Crippen molar-refractivity contribution in [2.45, 2.75) is 32.8 Å². The number of halogens is 1. The van der Waals surface area contributed by atoms with Gasteiger partial charge in [0.1, 0.15) is 5.75 Å². The highest BCUT2D eigenvalue weighted by molar-refractivity contribution is 6.32. The molecule has 1 aromatic carbocycles. The molecule has 1 aliphatic rings. The van der Waals surface area contributed by atoms with E-state index in [0.717, 1.165) is 18.4 Å². The molecule has 0 amide bonds. The summed E-state index contributed by atoms with van der Waals surface area (Å²) in [6, 6.07) is 3.65. The number of carbonyl (C=O) groups excluding carboxylic acids is 1. The maximum absolute atomic E-state index is 11.4. The lowest BCUT2D eigenvalue weighted by Crippen LogP contribution is -2.04. The van der Waals surface area contributed by atoms with Crippen LogP contribution in [0.15, 0.2) is 12.1 Å². The molecule has 1 aromatic rings. The molecule has 0 heterocycles. The second-order valence-corrected chi connectivity index (χ2v) is 4.40. The number of carbonyl (C=O) groups is 1. The van der Waals surface area contributed by atoms with Gasteiger partial charge in [0.25, 0.3) is 0 Å². The molecule has 1 aliphatic carbocycles. The molecule has 1 fully saturated rings. The van der Waals surface area contributed by atoms with Gasteiger partial charge in [-0.25, -0.2) is 0 Å². The number of benzene rings is 1. The molecule has 0 atom stereocenters. The fraction of sp³-hybridized carbons (Fsp3) is 0.417. The molecule has 15 heavy (non-hydrogen) atoms. The minimum absolute atomic E-state index is 0.00347. The Morgan fingerprint density at radius 3 is 2.67 bits per heavy atom. The SMILES string of the molecule is CC(=O)c1cc(C)cc(Cl)c1OC1CC1. The zero-order valence-corrected chi connectivity index (χ0v) is 9.60. The van der Waals surface area contributed by atoms with E-state index in [1.807, 2.05) is 19.1 Å². The van der Waals surface area contributed by atoms with Crippen LogP contribution >= 0.6 is 11.6 Å². The summed E-state index contributed by atoms with van der Waals surface area (Å²) >= 11 is 6.07. The Morgan fingerprint density at radius 1 is 1.47 bits per heavy atom. The van der Waals surface area contributed by atoms with Crippen molar-refractivity contribution in [2.75, 3.05) is 0 Å². The molecule has 0 saturated heterocycles. The molecule has 0 aromatic heterocycles. The minimum Gasteiger partial charge on any atom is -0.488 e. The molecule has 0 bridgehead atoms. The third-order valence-electron chi connectivity index (χ3n) is 2.38. The van der Waals surface area contributed by atoms with Gasteiger partial charge in [-0.1, -0.05) is 11.6 Å². The second kappa shape index (κ2) is 3.86. The molecule has 0 radical (unpaired) electrons. The van der Waals surface area contributed by atoms with Crippen molar-refractivity contribution in [2.24, 2.45) is 0 Å². The number of aryl methyl sites for hydroxylation is 1. The summed E-state index contributed by atoms with van der Waals surface area (Å²) in [6.07, 6.45) is 2.37. The Balaban J connectivity index is 2.42. The van der Waals surface area contributed by atoms with E-state index in [2.05, 4.69) is 0 Å². The van der Waals surface area contributed by atoms with E-state index in [1.165, 1.54) is 6.92 Å². The van der Waals surface area contributed by atoms with Gasteiger partial charge in [-0.15, -0.1) is 0 Å². The van der Waals surface area contributed by atoms with E-state index in [0.29, 0.717) is 16.3 Å². The van der Waals surface area contributed by atoms with Crippen LogP contribution in [-0.2, 0) is 0 Å². The monoisotopic (exact) mass is 224 g/mol. The number of hydrogen-bond acceptors (Lipinski definition) is 2. The molecule has 1 saturated carbocycles. The average molecular weight is 225 g/mol. The number of rotatable bonds is 3. The number of ether oxygens (including phenoxy) is 1. The van der Waals surface area contributed by atoms with E-state index >= 15 is 0 Å². The van der Waals surface area contributed by atoms with Crippen LogP contribution in [0.2, 0.25) is 5.02 Å². The Kier molecular flexibility index (Phi) is 2.70. The van der Waals surface area contributed by atoms with Gasteiger partial charge < -0.3 is 4.74 Å². The van der Waals surface area contributed by atoms with Gasteiger partial charge in [0.2, 0.25) is 0 Å². The number of ketones is 1.